The van der Waals surface area contributed by atoms with Crippen molar-refractivity contribution in [2.45, 2.75) is 13.2 Å². The van der Waals surface area contributed by atoms with Gasteiger partial charge in [0.15, 0.2) is 0 Å². The molecule has 8 heteroatoms. The van der Waals surface area contributed by atoms with E-state index >= 15 is 0 Å². The number of hydroxylamine groups is 2. The lowest BCUT2D eigenvalue weighted by Crippen LogP contribution is -2.22. The van der Waals surface area contributed by atoms with Crippen LogP contribution in [0.15, 0.2) is 60.7 Å². The number of carboxylic acid groups (broad SMARTS) is 2. The molecule has 0 saturated heterocycles. The quantitative estimate of drug-likeness (QED) is 0.372. The van der Waals surface area contributed by atoms with Gasteiger partial charge in [-0.15, -0.1) is 0 Å². The Bertz CT molecular complexity index is 579. The second kappa shape index (κ2) is 13.5. The maximum Gasteiger partial charge on any atom is 0.319 e. The molecule has 2 rings (SSSR count). The van der Waals surface area contributed by atoms with Crippen molar-refractivity contribution in [3.05, 3.63) is 71.8 Å². The Hall–Kier alpha value is -2.78. The van der Waals surface area contributed by atoms with Crippen LogP contribution >= 0.6 is 0 Å². The van der Waals surface area contributed by atoms with Crippen LogP contribution in [0.2, 0.25) is 0 Å². The van der Waals surface area contributed by atoms with E-state index < -0.39 is 11.9 Å². The minimum atomic E-state index is -0.937. The second-order valence-corrected chi connectivity index (χ2v) is 4.98. The third kappa shape index (κ3) is 11.7. The van der Waals surface area contributed by atoms with Gasteiger partial charge >= 0.3 is 11.9 Å². The predicted molar refractivity (Wildman–Crippen MR) is 93.7 cm³/mol. The Morgan fingerprint density at radius 2 is 1.04 bits per heavy atom. The zero-order valence-electron chi connectivity index (χ0n) is 14.1. The van der Waals surface area contributed by atoms with Crippen LogP contribution in [0.5, 0.6) is 0 Å². The average molecular weight is 362 g/mol. The van der Waals surface area contributed by atoms with E-state index in [1.165, 1.54) is 0 Å². The number of hydrogen-bond acceptors (Lipinski definition) is 6. The Kier molecular flexibility index (Phi) is 11.0. The Morgan fingerprint density at radius 1 is 0.692 bits per heavy atom. The van der Waals surface area contributed by atoms with E-state index in [4.69, 9.17) is 19.9 Å². The van der Waals surface area contributed by atoms with E-state index in [-0.39, 0.29) is 13.1 Å². The lowest BCUT2D eigenvalue weighted by atomic mass is 10.2. The molecule has 0 spiro atoms. The topological polar surface area (TPSA) is 117 Å². The minimum Gasteiger partial charge on any atom is -0.480 e. The van der Waals surface area contributed by atoms with E-state index in [1.54, 1.807) is 0 Å². The highest BCUT2D eigenvalue weighted by Gasteiger charge is 1.96. The molecule has 0 radical (unpaired) electrons. The normalized spacial score (nSPS) is 9.85. The molecule has 0 atom stereocenters. The predicted octanol–water partition coefficient (Wildman–Crippen LogP) is 1.58. The van der Waals surface area contributed by atoms with Crippen LogP contribution in [0.3, 0.4) is 0 Å². The standard InChI is InChI=1S/2C9H11NO3/c2*11-9(12)6-10-13-7-8-4-2-1-3-5-8/h2*1-5,10H,6-7H2,(H,11,12). The van der Waals surface area contributed by atoms with Gasteiger partial charge in [0.1, 0.15) is 13.1 Å². The summed E-state index contributed by atoms with van der Waals surface area (Å²) in [6.45, 7) is 0.363. The number of aliphatic carboxylic acids is 2. The van der Waals surface area contributed by atoms with Crippen molar-refractivity contribution in [1.82, 2.24) is 11.0 Å². The number of benzene rings is 2. The summed E-state index contributed by atoms with van der Waals surface area (Å²) < 4.78 is 0. The highest BCUT2D eigenvalue weighted by Crippen LogP contribution is 1.99. The van der Waals surface area contributed by atoms with E-state index in [1.807, 2.05) is 60.7 Å². The average Bonchev–Trinajstić information content (AvgIpc) is 2.64. The van der Waals surface area contributed by atoms with E-state index in [0.29, 0.717) is 13.2 Å². The SMILES string of the molecule is O=C(O)CNOCc1ccccc1.O=C(O)CNOCc1ccccc1. The van der Waals surface area contributed by atoms with Crippen LogP contribution in [0.1, 0.15) is 11.1 Å². The summed E-state index contributed by atoms with van der Waals surface area (Å²) in [5, 5.41) is 16.5. The second-order valence-electron chi connectivity index (χ2n) is 4.98. The van der Waals surface area contributed by atoms with E-state index in [9.17, 15) is 9.59 Å². The summed E-state index contributed by atoms with van der Waals surface area (Å²) in [6, 6.07) is 19.0. The zero-order chi connectivity index (χ0) is 19.0. The van der Waals surface area contributed by atoms with Gasteiger partial charge in [0.05, 0.1) is 13.2 Å². The summed E-state index contributed by atoms with van der Waals surface area (Å²) in [4.78, 5) is 29.9. The highest BCUT2D eigenvalue weighted by molar-refractivity contribution is 5.69. The molecule has 0 saturated carbocycles. The molecule has 0 heterocycles. The monoisotopic (exact) mass is 362 g/mol. The summed E-state index contributed by atoms with van der Waals surface area (Å²) >= 11 is 0. The number of nitrogens with one attached hydrogen (secondary N) is 2. The fourth-order valence-electron chi connectivity index (χ4n) is 1.64. The number of rotatable bonds is 10. The van der Waals surface area contributed by atoms with Crippen LogP contribution in [-0.2, 0) is 32.5 Å². The van der Waals surface area contributed by atoms with Crippen LogP contribution in [0.25, 0.3) is 0 Å². The third-order valence-corrected chi connectivity index (χ3v) is 2.81. The first-order valence-electron chi connectivity index (χ1n) is 7.78. The van der Waals surface area contributed by atoms with Gasteiger partial charge in [-0.2, -0.15) is 11.0 Å². The highest BCUT2D eigenvalue weighted by atomic mass is 16.6. The number of carbonyl (C=O) groups is 2. The third-order valence-electron chi connectivity index (χ3n) is 2.81. The first-order chi connectivity index (χ1) is 12.6. The van der Waals surface area contributed by atoms with E-state index in [0.717, 1.165) is 11.1 Å². The lowest BCUT2D eigenvalue weighted by molar-refractivity contribution is -0.140. The molecule has 0 aliphatic carbocycles. The number of carboxylic acids is 2. The van der Waals surface area contributed by atoms with Crippen molar-refractivity contribution >= 4 is 11.9 Å². The molecule has 140 valence electrons. The van der Waals surface area contributed by atoms with E-state index in [2.05, 4.69) is 11.0 Å². The fourth-order valence-corrected chi connectivity index (χ4v) is 1.64. The summed E-state index contributed by atoms with van der Waals surface area (Å²) in [5.41, 5.74) is 6.67. The minimum absolute atomic E-state index is 0.188. The molecule has 0 aromatic heterocycles. The van der Waals surface area contributed by atoms with Crippen LogP contribution in [0.4, 0.5) is 0 Å². The van der Waals surface area contributed by atoms with Crippen LogP contribution in [-0.4, -0.2) is 35.2 Å². The molecule has 26 heavy (non-hydrogen) atoms. The summed E-state index contributed by atoms with van der Waals surface area (Å²) in [7, 11) is 0. The molecule has 0 aliphatic heterocycles. The van der Waals surface area contributed by atoms with Crippen molar-refractivity contribution in [2.24, 2.45) is 0 Å². The molecule has 2 aromatic rings. The van der Waals surface area contributed by atoms with Crippen LogP contribution < -0.4 is 11.0 Å². The van der Waals surface area contributed by atoms with Crippen molar-refractivity contribution in [3.63, 3.8) is 0 Å². The summed E-state index contributed by atoms with van der Waals surface area (Å²) in [5.74, 6) is -1.87. The van der Waals surface area contributed by atoms with Crippen LogP contribution in [0, 0.1) is 0 Å². The molecule has 8 nitrogen and oxygen atoms in total. The Balaban J connectivity index is 0.000000260. The number of hydrogen-bond donors (Lipinski definition) is 4. The largest absolute Gasteiger partial charge is 0.480 e. The first kappa shape index (κ1) is 21.3. The van der Waals surface area contributed by atoms with Crippen molar-refractivity contribution in [1.29, 1.82) is 0 Å². The molecular formula is C18H22N2O6. The molecule has 2 aromatic carbocycles. The Morgan fingerprint density at radius 3 is 1.35 bits per heavy atom. The van der Waals surface area contributed by atoms with Crippen molar-refractivity contribution in [3.8, 4) is 0 Å². The molecule has 4 N–H and O–H groups in total. The Labute approximate surface area is 151 Å². The van der Waals surface area contributed by atoms with Gasteiger partial charge in [-0.05, 0) is 11.1 Å². The van der Waals surface area contributed by atoms with Crippen molar-refractivity contribution in [2.75, 3.05) is 13.1 Å². The van der Waals surface area contributed by atoms with Gasteiger partial charge in [-0.25, -0.2) is 0 Å². The fraction of sp³-hybridized carbons (Fsp3) is 0.222. The summed E-state index contributed by atoms with van der Waals surface area (Å²) in [6.07, 6.45) is 0. The molecule has 0 bridgehead atoms. The maximum absolute atomic E-state index is 10.1. The first-order valence-corrected chi connectivity index (χ1v) is 7.78. The smallest absolute Gasteiger partial charge is 0.319 e. The van der Waals surface area contributed by atoms with Crippen molar-refractivity contribution < 1.29 is 29.5 Å². The lowest BCUT2D eigenvalue weighted by Gasteiger charge is -2.02. The van der Waals surface area contributed by atoms with Gasteiger partial charge in [0.2, 0.25) is 0 Å². The molecule has 0 fully saturated rings. The van der Waals surface area contributed by atoms with Gasteiger partial charge in [0, 0.05) is 0 Å². The van der Waals surface area contributed by atoms with Gasteiger partial charge < -0.3 is 10.2 Å². The van der Waals surface area contributed by atoms with Gasteiger partial charge in [0.25, 0.3) is 0 Å². The molecular weight excluding hydrogens is 340 g/mol. The van der Waals surface area contributed by atoms with Gasteiger partial charge in [-0.1, -0.05) is 60.7 Å². The van der Waals surface area contributed by atoms with Gasteiger partial charge in [-0.3, -0.25) is 19.3 Å². The molecule has 0 aliphatic rings. The molecule has 0 amide bonds. The zero-order valence-corrected chi connectivity index (χ0v) is 14.1. The molecule has 0 unspecified atom stereocenters. The maximum atomic E-state index is 10.1.